The molecule has 0 saturated heterocycles. The minimum atomic E-state index is -0.437. The van der Waals surface area contributed by atoms with Crippen molar-refractivity contribution >= 4 is 5.97 Å². The molecule has 1 aliphatic rings. The third kappa shape index (κ3) is 5.85. The van der Waals surface area contributed by atoms with E-state index >= 15 is 0 Å². The van der Waals surface area contributed by atoms with Crippen LogP contribution in [0.3, 0.4) is 0 Å². The number of terminal acetylenes is 1. The first-order valence-electron chi connectivity index (χ1n) is 9.16. The van der Waals surface area contributed by atoms with Gasteiger partial charge in [0, 0.05) is 20.0 Å². The molecule has 1 heterocycles. The molecule has 2 rings (SSSR count). The van der Waals surface area contributed by atoms with Crippen LogP contribution in [0.15, 0.2) is 30.4 Å². The Morgan fingerprint density at radius 1 is 1.30 bits per heavy atom. The molecule has 0 amide bonds. The lowest BCUT2D eigenvalue weighted by Crippen LogP contribution is -2.31. The molecule has 3 atom stereocenters. The van der Waals surface area contributed by atoms with Gasteiger partial charge in [-0.25, -0.2) is 4.79 Å². The highest BCUT2D eigenvalue weighted by molar-refractivity contribution is 5.94. The molecule has 1 aliphatic heterocycles. The third-order valence-electron chi connectivity index (χ3n) is 4.70. The van der Waals surface area contributed by atoms with E-state index in [9.17, 15) is 4.79 Å². The first-order valence-corrected chi connectivity index (χ1v) is 9.16. The molecule has 0 aromatic heterocycles. The number of methoxy groups -OCH3 is 2. The Bertz CT molecular complexity index is 688. The molecular weight excluding hydrogens is 344 g/mol. The third-order valence-corrected chi connectivity index (χ3v) is 4.70. The van der Waals surface area contributed by atoms with Gasteiger partial charge in [-0.2, -0.15) is 0 Å². The maximum absolute atomic E-state index is 12.9. The number of allylic oxidation sites excluding steroid dienone is 2. The van der Waals surface area contributed by atoms with Gasteiger partial charge in [0.25, 0.3) is 0 Å². The Morgan fingerprint density at radius 2 is 2.11 bits per heavy atom. The number of ether oxygens (including phenoxy) is 4. The van der Waals surface area contributed by atoms with Gasteiger partial charge in [-0.1, -0.05) is 31.2 Å². The highest BCUT2D eigenvalue weighted by Gasteiger charge is 2.27. The zero-order valence-electron chi connectivity index (χ0n) is 16.3. The van der Waals surface area contributed by atoms with Crippen LogP contribution in [-0.4, -0.2) is 39.2 Å². The van der Waals surface area contributed by atoms with E-state index in [-0.39, 0.29) is 18.8 Å². The summed E-state index contributed by atoms with van der Waals surface area (Å²) in [7, 11) is 3.13. The fraction of sp³-hybridized carbons (Fsp3) is 0.500. The lowest BCUT2D eigenvalue weighted by atomic mass is 9.93. The Hall–Kier alpha value is -2.29. The number of cyclic esters (lactones) is 1. The van der Waals surface area contributed by atoms with Gasteiger partial charge in [0.1, 0.15) is 24.2 Å². The summed E-state index contributed by atoms with van der Waals surface area (Å²) < 4.78 is 22.1. The SMILES string of the molecule is C#CC[C@H]1C[C@@H](OCOC)[C@@H](C)C/C=C/Cc2cccc(OC)c2C(=O)O1. The molecule has 0 saturated carbocycles. The maximum atomic E-state index is 12.9. The van der Waals surface area contributed by atoms with E-state index in [1.807, 2.05) is 12.1 Å². The highest BCUT2D eigenvalue weighted by Crippen LogP contribution is 2.27. The van der Waals surface area contributed by atoms with Crippen molar-refractivity contribution < 1.29 is 23.7 Å². The second kappa shape index (κ2) is 10.8. The minimum Gasteiger partial charge on any atom is -0.496 e. The lowest BCUT2D eigenvalue weighted by molar-refractivity contribution is -0.102. The van der Waals surface area contributed by atoms with Crippen LogP contribution in [0.2, 0.25) is 0 Å². The topological polar surface area (TPSA) is 54.0 Å². The summed E-state index contributed by atoms with van der Waals surface area (Å²) in [5.41, 5.74) is 1.32. The van der Waals surface area contributed by atoms with Gasteiger partial charge < -0.3 is 18.9 Å². The molecule has 5 nitrogen and oxygen atoms in total. The Labute approximate surface area is 161 Å². The Balaban J connectivity index is 2.36. The predicted octanol–water partition coefficient (Wildman–Crippen LogP) is 3.76. The van der Waals surface area contributed by atoms with Gasteiger partial charge in [0.15, 0.2) is 0 Å². The van der Waals surface area contributed by atoms with Crippen LogP contribution in [0.5, 0.6) is 5.75 Å². The fourth-order valence-electron chi connectivity index (χ4n) is 3.22. The maximum Gasteiger partial charge on any atom is 0.342 e. The first kappa shape index (κ1) is 21.0. The summed E-state index contributed by atoms with van der Waals surface area (Å²) in [5.74, 6) is 2.92. The van der Waals surface area contributed by atoms with E-state index in [1.54, 1.807) is 20.3 Å². The molecular formula is C22H28O5. The van der Waals surface area contributed by atoms with Gasteiger partial charge in [-0.05, 0) is 30.4 Å². The molecule has 0 bridgehead atoms. The molecule has 146 valence electrons. The van der Waals surface area contributed by atoms with E-state index in [4.69, 9.17) is 25.4 Å². The number of benzene rings is 1. The molecule has 0 spiro atoms. The van der Waals surface area contributed by atoms with E-state index in [1.165, 1.54) is 0 Å². The van der Waals surface area contributed by atoms with Crippen molar-refractivity contribution in [3.05, 3.63) is 41.5 Å². The summed E-state index contributed by atoms with van der Waals surface area (Å²) in [6.07, 6.45) is 11.4. The number of rotatable bonds is 5. The molecule has 1 aromatic rings. The lowest BCUT2D eigenvalue weighted by Gasteiger charge is -2.27. The molecule has 27 heavy (non-hydrogen) atoms. The molecule has 0 N–H and O–H groups in total. The summed E-state index contributed by atoms with van der Waals surface area (Å²) in [6.45, 7) is 2.30. The van der Waals surface area contributed by atoms with Gasteiger partial charge in [0.05, 0.1) is 13.2 Å². The molecule has 0 fully saturated rings. The van der Waals surface area contributed by atoms with Crippen molar-refractivity contribution in [2.75, 3.05) is 21.0 Å². The van der Waals surface area contributed by atoms with E-state index < -0.39 is 12.1 Å². The summed E-state index contributed by atoms with van der Waals surface area (Å²) in [6, 6.07) is 5.55. The van der Waals surface area contributed by atoms with Crippen LogP contribution in [0, 0.1) is 18.3 Å². The number of fused-ring (bicyclic) bond motifs is 1. The number of carbonyl (C=O) groups is 1. The van der Waals surface area contributed by atoms with E-state index in [2.05, 4.69) is 25.0 Å². The van der Waals surface area contributed by atoms with Crippen molar-refractivity contribution in [3.63, 3.8) is 0 Å². The summed E-state index contributed by atoms with van der Waals surface area (Å²) in [5, 5.41) is 0. The van der Waals surface area contributed by atoms with Crippen LogP contribution in [-0.2, 0) is 20.6 Å². The zero-order valence-corrected chi connectivity index (χ0v) is 16.3. The first-order chi connectivity index (χ1) is 13.1. The van der Waals surface area contributed by atoms with Gasteiger partial charge >= 0.3 is 5.97 Å². The average molecular weight is 372 g/mol. The van der Waals surface area contributed by atoms with Crippen LogP contribution < -0.4 is 4.74 Å². The molecule has 5 heteroatoms. The Kier molecular flexibility index (Phi) is 8.38. The molecule has 0 aliphatic carbocycles. The second-order valence-corrected chi connectivity index (χ2v) is 6.67. The van der Waals surface area contributed by atoms with Crippen molar-refractivity contribution in [3.8, 4) is 18.1 Å². The largest absolute Gasteiger partial charge is 0.496 e. The smallest absolute Gasteiger partial charge is 0.342 e. The number of hydrogen-bond acceptors (Lipinski definition) is 5. The van der Waals surface area contributed by atoms with Gasteiger partial charge in [-0.15, -0.1) is 12.3 Å². The summed E-state index contributed by atoms with van der Waals surface area (Å²) >= 11 is 0. The summed E-state index contributed by atoms with van der Waals surface area (Å²) in [4.78, 5) is 12.9. The predicted molar refractivity (Wildman–Crippen MR) is 104 cm³/mol. The van der Waals surface area contributed by atoms with Crippen LogP contribution >= 0.6 is 0 Å². The standard InChI is InChI=1S/C22H28O5/c1-5-9-18-14-20(26-15-24-3)16(2)10-6-7-11-17-12-8-13-19(25-4)21(17)22(23)27-18/h1,6-8,12-13,16,18,20H,9-11,14-15H2,2-4H3/b7-6+/t16-,18-,20+/m0/s1. The number of esters is 1. The van der Waals surface area contributed by atoms with Crippen LogP contribution in [0.25, 0.3) is 0 Å². The molecule has 0 unspecified atom stereocenters. The van der Waals surface area contributed by atoms with Crippen LogP contribution in [0.4, 0.5) is 0 Å². The number of carbonyl (C=O) groups excluding carboxylic acids is 1. The van der Waals surface area contributed by atoms with Gasteiger partial charge in [-0.3, -0.25) is 0 Å². The van der Waals surface area contributed by atoms with E-state index in [0.717, 1.165) is 12.0 Å². The van der Waals surface area contributed by atoms with Crippen molar-refractivity contribution in [1.29, 1.82) is 0 Å². The fourth-order valence-corrected chi connectivity index (χ4v) is 3.22. The minimum absolute atomic E-state index is 0.127. The highest BCUT2D eigenvalue weighted by atomic mass is 16.7. The van der Waals surface area contributed by atoms with Crippen molar-refractivity contribution in [2.45, 2.75) is 44.8 Å². The Morgan fingerprint density at radius 3 is 2.81 bits per heavy atom. The van der Waals surface area contributed by atoms with Crippen molar-refractivity contribution in [1.82, 2.24) is 0 Å². The molecule has 0 radical (unpaired) electrons. The monoisotopic (exact) mass is 372 g/mol. The average Bonchev–Trinajstić information content (AvgIpc) is 2.67. The second-order valence-electron chi connectivity index (χ2n) is 6.67. The van der Waals surface area contributed by atoms with Gasteiger partial charge in [0.2, 0.25) is 0 Å². The zero-order chi connectivity index (χ0) is 19.6. The molecule has 1 aromatic carbocycles. The quantitative estimate of drug-likeness (QED) is 0.341. The van der Waals surface area contributed by atoms with Crippen molar-refractivity contribution in [2.24, 2.45) is 5.92 Å². The normalized spacial score (nSPS) is 24.5. The van der Waals surface area contributed by atoms with Crippen LogP contribution in [0.1, 0.15) is 42.1 Å². The number of hydrogen-bond donors (Lipinski definition) is 0. The van der Waals surface area contributed by atoms with E-state index in [0.29, 0.717) is 30.6 Å².